The summed E-state index contributed by atoms with van der Waals surface area (Å²) in [6.45, 7) is 27.0. The van der Waals surface area contributed by atoms with E-state index < -0.39 is 5.41 Å². The van der Waals surface area contributed by atoms with Crippen molar-refractivity contribution in [3.8, 4) is 44.5 Å². The minimum atomic E-state index is -0.488. The van der Waals surface area contributed by atoms with Crippen molar-refractivity contribution in [3.63, 3.8) is 0 Å². The van der Waals surface area contributed by atoms with Gasteiger partial charge in [-0.05, 0) is 185 Å². The zero-order valence-electron chi connectivity index (χ0n) is 43.3. The van der Waals surface area contributed by atoms with E-state index in [1.54, 1.807) is 0 Å². The van der Waals surface area contributed by atoms with Crippen LogP contribution < -0.4 is 4.90 Å². The molecule has 13 rings (SSSR count). The van der Waals surface area contributed by atoms with Gasteiger partial charge in [0.25, 0.3) is 0 Å². The highest BCUT2D eigenvalue weighted by Crippen LogP contribution is 2.65. The molecule has 0 unspecified atom stereocenters. The summed E-state index contributed by atoms with van der Waals surface area (Å²) >= 11 is 0. The normalized spacial score (nSPS) is 19.0. The Morgan fingerprint density at radius 2 is 0.757 bits per heavy atom. The maximum Gasteiger partial charge on any atom is 0.0726 e. The molecule has 1 nitrogen and oxygen atoms in total. The fourth-order valence-corrected chi connectivity index (χ4v) is 14.5. The second-order valence-electron chi connectivity index (χ2n) is 25.0. The Balaban J connectivity index is 1.18. The summed E-state index contributed by atoms with van der Waals surface area (Å²) in [4.78, 5) is 2.71. The first-order valence-corrected chi connectivity index (χ1v) is 26.2. The molecular weight excluding hydrogens is 843 g/mol. The lowest BCUT2D eigenvalue weighted by molar-refractivity contribution is 0.332. The summed E-state index contributed by atoms with van der Waals surface area (Å²) in [5.41, 5.74) is 29.4. The topological polar surface area (TPSA) is 3.24 Å². The molecule has 348 valence electrons. The Hall–Kier alpha value is -6.44. The van der Waals surface area contributed by atoms with E-state index in [0.29, 0.717) is 0 Å². The molecule has 0 amide bonds. The average Bonchev–Trinajstić information content (AvgIpc) is 3.90. The number of aryl methyl sites for hydroxylation is 1. The van der Waals surface area contributed by atoms with Crippen LogP contribution in [0.15, 0.2) is 158 Å². The zero-order valence-corrected chi connectivity index (χ0v) is 43.3. The Kier molecular flexibility index (Phi) is 8.93. The van der Waals surface area contributed by atoms with Gasteiger partial charge in [0.15, 0.2) is 0 Å². The highest BCUT2D eigenvalue weighted by Gasteiger charge is 2.52. The predicted octanol–water partition coefficient (Wildman–Crippen LogP) is 18.5. The molecule has 0 N–H and O–H groups in total. The van der Waals surface area contributed by atoms with Crippen LogP contribution >= 0.6 is 0 Å². The monoisotopic (exact) mass is 910 g/mol. The Morgan fingerprint density at radius 1 is 0.314 bits per heavy atom. The van der Waals surface area contributed by atoms with Crippen LogP contribution in [0.4, 0.5) is 17.1 Å². The van der Waals surface area contributed by atoms with Gasteiger partial charge < -0.3 is 4.90 Å². The second kappa shape index (κ2) is 14.3. The van der Waals surface area contributed by atoms with Gasteiger partial charge in [-0.3, -0.25) is 0 Å². The molecule has 70 heavy (non-hydrogen) atoms. The van der Waals surface area contributed by atoms with E-state index in [-0.39, 0.29) is 27.1 Å². The summed E-state index contributed by atoms with van der Waals surface area (Å²) in [7, 11) is 0. The van der Waals surface area contributed by atoms with E-state index in [2.05, 4.69) is 239 Å². The lowest BCUT2D eigenvalue weighted by atomic mass is 9.62. The van der Waals surface area contributed by atoms with Crippen LogP contribution in [0, 0.1) is 6.92 Å². The van der Waals surface area contributed by atoms with Gasteiger partial charge in [0.05, 0.1) is 11.1 Å². The highest BCUT2D eigenvalue weighted by atomic mass is 15.1. The third kappa shape index (κ3) is 5.78. The first-order chi connectivity index (χ1) is 33.3. The van der Waals surface area contributed by atoms with E-state index in [0.717, 1.165) is 6.42 Å². The quantitative estimate of drug-likeness (QED) is 0.170. The molecule has 0 aliphatic heterocycles. The predicted molar refractivity (Wildman–Crippen MR) is 296 cm³/mol. The van der Waals surface area contributed by atoms with Crippen LogP contribution in [0.2, 0.25) is 0 Å². The Bertz CT molecular complexity index is 3500. The van der Waals surface area contributed by atoms with E-state index in [1.165, 1.54) is 142 Å². The molecule has 0 radical (unpaired) electrons. The summed E-state index contributed by atoms with van der Waals surface area (Å²) in [5.74, 6) is 0. The number of benzene rings is 8. The fourth-order valence-electron chi connectivity index (χ4n) is 14.5. The molecule has 0 bridgehead atoms. The van der Waals surface area contributed by atoms with Gasteiger partial charge in [-0.15, -0.1) is 0 Å². The van der Waals surface area contributed by atoms with E-state index in [4.69, 9.17) is 0 Å². The molecule has 0 saturated heterocycles. The van der Waals surface area contributed by atoms with Gasteiger partial charge in [-0.1, -0.05) is 197 Å². The highest BCUT2D eigenvalue weighted by molar-refractivity contribution is 6.01. The maximum absolute atomic E-state index is 2.71. The minimum absolute atomic E-state index is 0.0289. The van der Waals surface area contributed by atoms with Crippen LogP contribution in [0.5, 0.6) is 0 Å². The third-order valence-electron chi connectivity index (χ3n) is 18.8. The summed E-state index contributed by atoms with van der Waals surface area (Å²) in [6, 6.07) is 62.4. The van der Waals surface area contributed by atoms with Crippen molar-refractivity contribution in [2.75, 3.05) is 4.90 Å². The van der Waals surface area contributed by atoms with Crippen LogP contribution in [-0.2, 0) is 32.5 Å². The number of hydrogen-bond acceptors (Lipinski definition) is 1. The van der Waals surface area contributed by atoms with E-state index in [1.807, 2.05) is 0 Å². The lowest BCUT2D eigenvalue weighted by Gasteiger charge is -2.43. The van der Waals surface area contributed by atoms with Crippen molar-refractivity contribution in [1.29, 1.82) is 0 Å². The van der Waals surface area contributed by atoms with Gasteiger partial charge in [0.1, 0.15) is 0 Å². The van der Waals surface area contributed by atoms with Crippen molar-refractivity contribution in [1.82, 2.24) is 0 Å². The van der Waals surface area contributed by atoms with Crippen molar-refractivity contribution >= 4 is 17.1 Å². The second-order valence-corrected chi connectivity index (χ2v) is 25.0. The molecule has 0 saturated carbocycles. The number of hydrogen-bond donors (Lipinski definition) is 0. The Morgan fingerprint density at radius 3 is 1.33 bits per heavy atom. The maximum atomic E-state index is 2.71. The first kappa shape index (κ1) is 43.6. The lowest BCUT2D eigenvalue weighted by Crippen LogP contribution is -2.34. The molecule has 8 aromatic carbocycles. The number of anilines is 3. The van der Waals surface area contributed by atoms with Crippen molar-refractivity contribution in [3.05, 3.63) is 219 Å². The molecule has 8 aromatic rings. The molecular formula is C69H67N. The number of fused-ring (bicyclic) bond motifs is 15. The van der Waals surface area contributed by atoms with Crippen LogP contribution in [0.1, 0.15) is 156 Å². The van der Waals surface area contributed by atoms with Gasteiger partial charge in [0.2, 0.25) is 0 Å². The van der Waals surface area contributed by atoms with Crippen LogP contribution in [-0.4, -0.2) is 0 Å². The van der Waals surface area contributed by atoms with Crippen LogP contribution in [0.25, 0.3) is 44.5 Å². The van der Waals surface area contributed by atoms with Crippen molar-refractivity contribution in [2.24, 2.45) is 0 Å². The average molecular weight is 910 g/mol. The number of nitrogens with zero attached hydrogens (tertiary/aromatic N) is 1. The van der Waals surface area contributed by atoms with Gasteiger partial charge in [-0.25, -0.2) is 0 Å². The molecule has 0 fully saturated rings. The number of rotatable bonds is 4. The molecule has 1 spiro atoms. The first-order valence-electron chi connectivity index (χ1n) is 26.2. The third-order valence-corrected chi connectivity index (χ3v) is 18.8. The smallest absolute Gasteiger partial charge is 0.0726 e. The zero-order chi connectivity index (χ0) is 48.5. The van der Waals surface area contributed by atoms with Gasteiger partial charge >= 0.3 is 0 Å². The summed E-state index contributed by atoms with van der Waals surface area (Å²) in [6.07, 6.45) is 4.70. The molecule has 0 atom stereocenters. The van der Waals surface area contributed by atoms with Gasteiger partial charge in [-0.2, -0.15) is 0 Å². The van der Waals surface area contributed by atoms with Crippen molar-refractivity contribution in [2.45, 2.75) is 134 Å². The largest absolute Gasteiger partial charge is 0.310 e. The molecule has 0 heterocycles. The van der Waals surface area contributed by atoms with Crippen LogP contribution in [0.3, 0.4) is 0 Å². The summed E-state index contributed by atoms with van der Waals surface area (Å²) in [5, 5.41) is 0. The molecule has 5 aliphatic carbocycles. The minimum Gasteiger partial charge on any atom is -0.310 e. The van der Waals surface area contributed by atoms with E-state index >= 15 is 0 Å². The molecule has 1 heteroatoms. The van der Waals surface area contributed by atoms with E-state index in [9.17, 15) is 0 Å². The molecule has 5 aliphatic rings. The van der Waals surface area contributed by atoms with Crippen molar-refractivity contribution < 1.29 is 0 Å². The fraction of sp³-hybridized carbons (Fsp3) is 0.304. The summed E-state index contributed by atoms with van der Waals surface area (Å²) < 4.78 is 0. The Labute approximate surface area is 417 Å². The standard InChI is InChI=1S/C69H67N/c1-42-36-59-61(67(8,9)35-34-65(59,4)5)41-62(42)70(44-29-30-49-45-20-12-16-24-52(45)68(10,11)57(49)38-44)63-40-58-51(39-50(63)43-28-31-56-60(37-43)66(6,7)33-32-64(56,2)3)48-23-15-19-27-55(48)69(58)53-25-17-13-21-46(53)47-22-14-18-26-54(47)69/h12-31,36-41H,32-35H2,1-11H3. The molecule has 0 aromatic heterocycles. The van der Waals surface area contributed by atoms with Gasteiger partial charge in [0, 0.05) is 22.4 Å². The SMILES string of the molecule is Cc1cc2c(cc1N(c1ccc3c(c1)C(C)(C)c1ccccc1-3)c1cc3c(cc1-c1ccc4c(c1)C(C)(C)CCC4(C)C)-c1ccccc1C31c3ccccc3-c3ccccc31)C(C)(C)CCC2(C)C.